The molecule has 6 heteroatoms. The van der Waals surface area contributed by atoms with Gasteiger partial charge in [0.2, 0.25) is 5.91 Å². The maximum Gasteiger partial charge on any atom is 0.255 e. The normalized spacial score (nSPS) is 11.8. The zero-order valence-corrected chi connectivity index (χ0v) is 14.7. The Bertz CT molecular complexity index is 953. The average molecular weight is 348 g/mol. The Morgan fingerprint density at radius 1 is 1.15 bits per heavy atom. The van der Waals surface area contributed by atoms with E-state index in [0.29, 0.717) is 22.8 Å². The second-order valence-corrected chi connectivity index (χ2v) is 6.07. The van der Waals surface area contributed by atoms with Crippen molar-refractivity contribution in [2.45, 2.75) is 26.3 Å². The minimum Gasteiger partial charge on any atom is -0.349 e. The van der Waals surface area contributed by atoms with Crippen molar-refractivity contribution < 1.29 is 4.79 Å². The van der Waals surface area contributed by atoms with Crippen LogP contribution in [0.1, 0.15) is 29.8 Å². The number of nitrogens with one attached hydrogen (secondary N) is 2. The summed E-state index contributed by atoms with van der Waals surface area (Å²) in [5.41, 5.74) is 2.16. The van der Waals surface area contributed by atoms with Crippen LogP contribution in [0.3, 0.4) is 0 Å². The molecular weight excluding hydrogens is 328 g/mol. The van der Waals surface area contributed by atoms with Gasteiger partial charge in [0.25, 0.3) is 5.56 Å². The molecule has 0 radical (unpaired) electrons. The lowest BCUT2D eigenvalue weighted by atomic mass is 10.1. The Balaban J connectivity index is 1.76. The summed E-state index contributed by atoms with van der Waals surface area (Å²) in [6, 6.07) is 14.9. The van der Waals surface area contributed by atoms with Crippen LogP contribution in [0.5, 0.6) is 0 Å². The molecule has 132 valence electrons. The zero-order chi connectivity index (χ0) is 18.5. The summed E-state index contributed by atoms with van der Waals surface area (Å²) in [7, 11) is 0. The van der Waals surface area contributed by atoms with Crippen LogP contribution in [0.2, 0.25) is 0 Å². The van der Waals surface area contributed by atoms with Crippen molar-refractivity contribution in [1.29, 1.82) is 0 Å². The molecule has 0 bridgehead atoms. The number of H-pyrrole nitrogens is 1. The highest BCUT2D eigenvalue weighted by atomic mass is 16.2. The molecule has 2 aromatic heterocycles. The maximum absolute atomic E-state index is 12.4. The van der Waals surface area contributed by atoms with E-state index >= 15 is 0 Å². The number of carbonyl (C=O) groups excluding carboxylic acids is 1. The maximum atomic E-state index is 12.4. The van der Waals surface area contributed by atoms with Crippen LogP contribution in [0, 0.1) is 6.92 Å². The molecule has 2 heterocycles. The Kier molecular flexibility index (Phi) is 5.22. The van der Waals surface area contributed by atoms with E-state index in [1.165, 1.54) is 0 Å². The van der Waals surface area contributed by atoms with Gasteiger partial charge < -0.3 is 10.3 Å². The molecule has 1 amide bonds. The third-order valence-electron chi connectivity index (χ3n) is 4.14. The number of aromatic nitrogens is 3. The highest BCUT2D eigenvalue weighted by Gasteiger charge is 2.15. The first-order valence-electron chi connectivity index (χ1n) is 8.40. The largest absolute Gasteiger partial charge is 0.349 e. The van der Waals surface area contributed by atoms with Gasteiger partial charge in [-0.15, -0.1) is 0 Å². The number of benzene rings is 1. The topological polar surface area (TPSA) is 87.7 Å². The van der Waals surface area contributed by atoms with Crippen LogP contribution >= 0.6 is 0 Å². The predicted octanol–water partition coefficient (Wildman–Crippen LogP) is 2.56. The summed E-state index contributed by atoms with van der Waals surface area (Å²) in [5.74, 6) is 0.178. The predicted molar refractivity (Wildman–Crippen MR) is 99.5 cm³/mol. The van der Waals surface area contributed by atoms with Crippen LogP contribution in [0.15, 0.2) is 59.5 Å². The molecule has 3 rings (SSSR count). The van der Waals surface area contributed by atoms with Crippen molar-refractivity contribution in [1.82, 2.24) is 20.3 Å². The Morgan fingerprint density at radius 2 is 1.88 bits per heavy atom. The molecule has 2 N–H and O–H groups in total. The molecule has 0 saturated carbocycles. The number of aryl methyl sites for hydroxylation is 1. The van der Waals surface area contributed by atoms with Crippen molar-refractivity contribution in [2.24, 2.45) is 0 Å². The van der Waals surface area contributed by atoms with E-state index in [4.69, 9.17) is 0 Å². The molecule has 26 heavy (non-hydrogen) atoms. The first-order chi connectivity index (χ1) is 12.5. The third kappa shape index (κ3) is 4.03. The molecule has 3 aromatic rings. The molecule has 0 fully saturated rings. The van der Waals surface area contributed by atoms with E-state index in [2.05, 4.69) is 20.3 Å². The molecule has 0 spiro atoms. The highest BCUT2D eigenvalue weighted by molar-refractivity contribution is 5.79. The molecular formula is C20H20N4O2. The molecule has 0 saturated heterocycles. The van der Waals surface area contributed by atoms with Gasteiger partial charge in [0.1, 0.15) is 5.69 Å². The molecule has 1 aromatic carbocycles. The fourth-order valence-electron chi connectivity index (χ4n) is 2.72. The third-order valence-corrected chi connectivity index (χ3v) is 4.14. The number of carbonyl (C=O) groups is 1. The summed E-state index contributed by atoms with van der Waals surface area (Å²) in [5, 5.41) is 2.91. The lowest BCUT2D eigenvalue weighted by molar-refractivity contribution is -0.121. The fourth-order valence-corrected chi connectivity index (χ4v) is 2.72. The molecule has 6 nitrogen and oxygen atoms in total. The number of rotatable bonds is 5. The summed E-state index contributed by atoms with van der Waals surface area (Å²) < 4.78 is 0. The first-order valence-corrected chi connectivity index (χ1v) is 8.40. The van der Waals surface area contributed by atoms with Crippen molar-refractivity contribution in [3.8, 4) is 11.5 Å². The lowest BCUT2D eigenvalue weighted by Crippen LogP contribution is -2.31. The van der Waals surface area contributed by atoms with Gasteiger partial charge in [-0.05, 0) is 31.5 Å². The van der Waals surface area contributed by atoms with E-state index in [1.807, 2.05) is 43.3 Å². The van der Waals surface area contributed by atoms with E-state index < -0.39 is 0 Å². The van der Waals surface area contributed by atoms with Gasteiger partial charge in [0, 0.05) is 17.5 Å². The number of nitrogens with zero attached hydrogens (tertiary/aromatic N) is 2. The molecule has 0 aliphatic heterocycles. The summed E-state index contributed by atoms with van der Waals surface area (Å²) in [6.45, 7) is 3.64. The van der Waals surface area contributed by atoms with E-state index in [1.54, 1.807) is 25.3 Å². The standard InChI is InChI=1S/C20H20N4O2/c1-13(15-8-4-3-5-9-15)22-18(25)12-16-14(2)23-19(24-20(16)26)17-10-6-7-11-21-17/h3-11,13H,12H2,1-2H3,(H,22,25)(H,23,24,26). The van der Waals surface area contributed by atoms with Crippen LogP contribution in [0.4, 0.5) is 0 Å². The Morgan fingerprint density at radius 3 is 2.54 bits per heavy atom. The Labute approximate surface area is 151 Å². The quantitative estimate of drug-likeness (QED) is 0.742. The fraction of sp³-hybridized carbons (Fsp3) is 0.200. The lowest BCUT2D eigenvalue weighted by Gasteiger charge is -2.14. The second kappa shape index (κ2) is 7.74. The van der Waals surface area contributed by atoms with Gasteiger partial charge in [-0.1, -0.05) is 36.4 Å². The number of pyridine rings is 1. The van der Waals surface area contributed by atoms with Gasteiger partial charge in [-0.25, -0.2) is 4.98 Å². The SMILES string of the molecule is Cc1nc(-c2ccccn2)[nH]c(=O)c1CC(=O)NC(C)c1ccccc1. The van der Waals surface area contributed by atoms with Crippen LogP contribution in [-0.4, -0.2) is 20.9 Å². The van der Waals surface area contributed by atoms with E-state index in [0.717, 1.165) is 5.56 Å². The molecule has 0 aliphatic carbocycles. The van der Waals surface area contributed by atoms with Crippen molar-refractivity contribution in [3.05, 3.63) is 81.9 Å². The average Bonchev–Trinajstić information content (AvgIpc) is 2.66. The van der Waals surface area contributed by atoms with Crippen molar-refractivity contribution in [3.63, 3.8) is 0 Å². The van der Waals surface area contributed by atoms with Gasteiger partial charge in [0.15, 0.2) is 5.82 Å². The molecule has 1 unspecified atom stereocenters. The number of hydrogen-bond donors (Lipinski definition) is 2. The van der Waals surface area contributed by atoms with Crippen LogP contribution in [0.25, 0.3) is 11.5 Å². The van der Waals surface area contributed by atoms with E-state index in [9.17, 15) is 9.59 Å². The monoisotopic (exact) mass is 348 g/mol. The minimum atomic E-state index is -0.319. The number of amides is 1. The second-order valence-electron chi connectivity index (χ2n) is 6.07. The minimum absolute atomic E-state index is 0.0200. The Hall–Kier alpha value is -3.28. The first kappa shape index (κ1) is 17.5. The summed E-state index contributed by atoms with van der Waals surface area (Å²) >= 11 is 0. The van der Waals surface area contributed by atoms with Gasteiger partial charge in [0.05, 0.1) is 12.5 Å². The van der Waals surface area contributed by atoms with Gasteiger partial charge >= 0.3 is 0 Å². The summed E-state index contributed by atoms with van der Waals surface area (Å²) in [4.78, 5) is 36.1. The van der Waals surface area contributed by atoms with E-state index in [-0.39, 0.29) is 23.9 Å². The number of aromatic amines is 1. The van der Waals surface area contributed by atoms with Crippen LogP contribution in [-0.2, 0) is 11.2 Å². The highest BCUT2D eigenvalue weighted by Crippen LogP contribution is 2.13. The molecule has 0 aliphatic rings. The van der Waals surface area contributed by atoms with Crippen molar-refractivity contribution >= 4 is 5.91 Å². The number of hydrogen-bond acceptors (Lipinski definition) is 4. The van der Waals surface area contributed by atoms with Gasteiger partial charge in [-0.3, -0.25) is 14.6 Å². The van der Waals surface area contributed by atoms with Crippen molar-refractivity contribution in [2.75, 3.05) is 0 Å². The van der Waals surface area contributed by atoms with Gasteiger partial charge in [-0.2, -0.15) is 0 Å². The molecule has 1 atom stereocenters. The summed E-state index contributed by atoms with van der Waals surface area (Å²) in [6.07, 6.45) is 1.62. The smallest absolute Gasteiger partial charge is 0.255 e. The zero-order valence-electron chi connectivity index (χ0n) is 14.7. The van der Waals surface area contributed by atoms with Crippen LogP contribution < -0.4 is 10.9 Å².